The van der Waals surface area contributed by atoms with Crippen LogP contribution in [0.1, 0.15) is 19.4 Å². The summed E-state index contributed by atoms with van der Waals surface area (Å²) in [5, 5.41) is 11.1. The molecule has 5 nitrogen and oxygen atoms in total. The highest BCUT2D eigenvalue weighted by atomic mass is 79.9. The van der Waals surface area contributed by atoms with Gasteiger partial charge in [0.25, 0.3) is 5.91 Å². The quantitative estimate of drug-likeness (QED) is 0.567. The number of nitrogens with one attached hydrogen (secondary N) is 1. The molecular weight excluding hydrogens is 408 g/mol. The second-order valence-corrected chi connectivity index (χ2v) is 7.87. The summed E-state index contributed by atoms with van der Waals surface area (Å²) in [5.74, 6) is 0.602. The standard InChI is InChI=1S/C13H15BrN4OS2.ClH/c1-3-20-12-18-17-11(21-12)16-10(19)13(2,15)8-4-6-9(14)7-5-8;/h4-7H,3,15H2,1-2H3,(H,16,17,19);1H. The molecule has 120 valence electrons. The van der Waals surface area contributed by atoms with E-state index in [1.807, 2.05) is 31.2 Å². The summed E-state index contributed by atoms with van der Waals surface area (Å²) in [4.78, 5) is 12.4. The van der Waals surface area contributed by atoms with Crippen molar-refractivity contribution < 1.29 is 4.79 Å². The van der Waals surface area contributed by atoms with Gasteiger partial charge in [0.1, 0.15) is 5.54 Å². The first-order chi connectivity index (χ1) is 9.93. The van der Waals surface area contributed by atoms with Gasteiger partial charge in [0, 0.05) is 4.47 Å². The topological polar surface area (TPSA) is 80.9 Å². The minimum Gasteiger partial charge on any atom is -0.314 e. The van der Waals surface area contributed by atoms with Crippen LogP contribution in [0, 0.1) is 0 Å². The minimum atomic E-state index is -1.13. The third-order valence-corrected chi connectivity index (χ3v) is 5.19. The Labute approximate surface area is 152 Å². The number of hydrogen-bond donors (Lipinski definition) is 2. The lowest BCUT2D eigenvalue weighted by Gasteiger charge is -2.23. The van der Waals surface area contributed by atoms with Crippen molar-refractivity contribution in [1.82, 2.24) is 10.2 Å². The zero-order chi connectivity index (χ0) is 15.5. The summed E-state index contributed by atoms with van der Waals surface area (Å²) in [6, 6.07) is 7.35. The third-order valence-electron chi connectivity index (χ3n) is 2.81. The number of thioether (sulfide) groups is 1. The van der Waals surface area contributed by atoms with E-state index >= 15 is 0 Å². The molecule has 3 N–H and O–H groups in total. The average molecular weight is 424 g/mol. The van der Waals surface area contributed by atoms with E-state index in [0.29, 0.717) is 5.13 Å². The Bertz CT molecular complexity index is 633. The Kier molecular flexibility index (Phi) is 7.27. The largest absolute Gasteiger partial charge is 0.314 e. The Morgan fingerprint density at radius 1 is 1.41 bits per heavy atom. The van der Waals surface area contributed by atoms with Crippen molar-refractivity contribution in [2.75, 3.05) is 11.1 Å². The SMILES string of the molecule is CCSc1nnc(NC(=O)C(C)(N)c2ccc(Br)cc2)s1.Cl. The molecule has 2 aromatic rings. The predicted octanol–water partition coefficient (Wildman–Crippen LogP) is 3.65. The fourth-order valence-electron chi connectivity index (χ4n) is 1.60. The van der Waals surface area contributed by atoms with Gasteiger partial charge >= 0.3 is 0 Å². The molecule has 1 atom stereocenters. The lowest BCUT2D eigenvalue weighted by atomic mass is 9.92. The lowest BCUT2D eigenvalue weighted by molar-refractivity contribution is -0.120. The number of hydrogen-bond acceptors (Lipinski definition) is 6. The molecule has 1 unspecified atom stereocenters. The highest BCUT2D eigenvalue weighted by molar-refractivity contribution is 9.10. The summed E-state index contributed by atoms with van der Waals surface area (Å²) in [5.41, 5.74) is 5.77. The van der Waals surface area contributed by atoms with Crippen LogP contribution in [0.15, 0.2) is 33.1 Å². The monoisotopic (exact) mass is 422 g/mol. The van der Waals surface area contributed by atoms with E-state index in [4.69, 9.17) is 5.73 Å². The van der Waals surface area contributed by atoms with Crippen LogP contribution < -0.4 is 11.1 Å². The fourth-order valence-corrected chi connectivity index (χ4v) is 3.50. The van der Waals surface area contributed by atoms with E-state index in [0.717, 1.165) is 20.1 Å². The number of carbonyl (C=O) groups is 1. The predicted molar refractivity (Wildman–Crippen MR) is 97.9 cm³/mol. The van der Waals surface area contributed by atoms with Gasteiger partial charge in [0.2, 0.25) is 5.13 Å². The molecule has 1 amide bonds. The first-order valence-corrected chi connectivity index (χ1v) is 8.85. The van der Waals surface area contributed by atoms with Crippen LogP contribution in [0.25, 0.3) is 0 Å². The van der Waals surface area contributed by atoms with Gasteiger partial charge in [0.05, 0.1) is 0 Å². The molecule has 1 aromatic heterocycles. The average Bonchev–Trinajstić information content (AvgIpc) is 2.87. The molecule has 1 heterocycles. The molecule has 2 rings (SSSR count). The van der Waals surface area contributed by atoms with Crippen molar-refractivity contribution in [2.24, 2.45) is 5.73 Å². The molecule has 9 heteroatoms. The van der Waals surface area contributed by atoms with E-state index in [1.54, 1.807) is 18.7 Å². The molecule has 0 bridgehead atoms. The highest BCUT2D eigenvalue weighted by Gasteiger charge is 2.31. The molecule has 0 radical (unpaired) electrons. The van der Waals surface area contributed by atoms with Gasteiger partial charge in [-0.3, -0.25) is 10.1 Å². The van der Waals surface area contributed by atoms with Gasteiger partial charge in [-0.15, -0.1) is 22.6 Å². The van der Waals surface area contributed by atoms with Crippen LogP contribution in [0.2, 0.25) is 0 Å². The molecule has 0 saturated carbocycles. The molecule has 0 aliphatic rings. The van der Waals surface area contributed by atoms with Crippen molar-refractivity contribution in [2.45, 2.75) is 23.7 Å². The molecule has 0 aliphatic heterocycles. The maximum Gasteiger partial charge on any atom is 0.250 e. The maximum absolute atomic E-state index is 12.4. The van der Waals surface area contributed by atoms with Gasteiger partial charge in [-0.05, 0) is 30.4 Å². The summed E-state index contributed by atoms with van der Waals surface area (Å²) < 4.78 is 1.77. The second-order valence-electron chi connectivity index (χ2n) is 4.47. The Morgan fingerprint density at radius 3 is 2.64 bits per heavy atom. The fraction of sp³-hybridized carbons (Fsp3) is 0.308. The number of benzene rings is 1. The number of nitrogens with two attached hydrogens (primary N) is 1. The van der Waals surface area contributed by atoms with Crippen LogP contribution in [0.5, 0.6) is 0 Å². The molecule has 1 aromatic carbocycles. The van der Waals surface area contributed by atoms with Crippen molar-refractivity contribution in [3.05, 3.63) is 34.3 Å². The number of rotatable bonds is 5. The summed E-state index contributed by atoms with van der Waals surface area (Å²) in [7, 11) is 0. The van der Waals surface area contributed by atoms with Gasteiger partial charge in [0.15, 0.2) is 4.34 Å². The molecule has 22 heavy (non-hydrogen) atoms. The first-order valence-electron chi connectivity index (χ1n) is 6.26. The second kappa shape index (κ2) is 8.26. The van der Waals surface area contributed by atoms with Crippen LogP contribution in [0.3, 0.4) is 0 Å². The van der Waals surface area contributed by atoms with Gasteiger partial charge in [-0.25, -0.2) is 0 Å². The van der Waals surface area contributed by atoms with Crippen LogP contribution >= 0.6 is 51.4 Å². The van der Waals surface area contributed by atoms with E-state index in [2.05, 4.69) is 31.4 Å². The van der Waals surface area contributed by atoms with Crippen LogP contribution in [0.4, 0.5) is 5.13 Å². The molecule has 0 fully saturated rings. The number of carbonyl (C=O) groups excluding carboxylic acids is 1. The zero-order valence-electron chi connectivity index (χ0n) is 12.0. The van der Waals surface area contributed by atoms with Crippen molar-refractivity contribution in [3.63, 3.8) is 0 Å². The molecule has 0 aliphatic carbocycles. The smallest absolute Gasteiger partial charge is 0.250 e. The lowest BCUT2D eigenvalue weighted by Crippen LogP contribution is -2.45. The van der Waals surface area contributed by atoms with Crippen molar-refractivity contribution in [1.29, 1.82) is 0 Å². The van der Waals surface area contributed by atoms with E-state index in [1.165, 1.54) is 11.3 Å². The van der Waals surface area contributed by atoms with Gasteiger partial charge in [-0.2, -0.15) is 0 Å². The number of anilines is 1. The Balaban J connectivity index is 0.00000242. The first kappa shape index (κ1) is 19.4. The van der Waals surface area contributed by atoms with E-state index in [-0.39, 0.29) is 18.3 Å². The molecule has 0 saturated heterocycles. The Morgan fingerprint density at radius 2 is 2.05 bits per heavy atom. The molecule has 0 spiro atoms. The van der Waals surface area contributed by atoms with Crippen molar-refractivity contribution in [3.8, 4) is 0 Å². The maximum atomic E-state index is 12.4. The highest BCUT2D eigenvalue weighted by Crippen LogP contribution is 2.27. The van der Waals surface area contributed by atoms with Gasteiger partial charge < -0.3 is 5.73 Å². The minimum absolute atomic E-state index is 0. The Hall–Kier alpha value is -0.670. The number of nitrogens with zero attached hydrogens (tertiary/aromatic N) is 2. The van der Waals surface area contributed by atoms with Gasteiger partial charge in [-0.1, -0.05) is 58.1 Å². The summed E-state index contributed by atoms with van der Waals surface area (Å²) in [6.07, 6.45) is 0. The normalized spacial score (nSPS) is 13.1. The number of halogens is 2. The van der Waals surface area contributed by atoms with E-state index in [9.17, 15) is 4.79 Å². The van der Waals surface area contributed by atoms with Crippen LogP contribution in [-0.4, -0.2) is 21.9 Å². The van der Waals surface area contributed by atoms with E-state index < -0.39 is 5.54 Å². The zero-order valence-corrected chi connectivity index (χ0v) is 16.0. The van der Waals surface area contributed by atoms with Crippen molar-refractivity contribution >= 4 is 62.5 Å². The molecular formula is C13H16BrClN4OS2. The summed E-state index contributed by atoms with van der Waals surface area (Å²) >= 11 is 6.29. The summed E-state index contributed by atoms with van der Waals surface area (Å²) in [6.45, 7) is 3.71. The third kappa shape index (κ3) is 4.66. The number of aromatic nitrogens is 2. The van der Waals surface area contributed by atoms with Crippen LogP contribution in [-0.2, 0) is 10.3 Å². The number of amides is 1.